The maximum Gasteiger partial charge on any atom is 0.237 e. The summed E-state index contributed by atoms with van der Waals surface area (Å²) in [6.45, 7) is 2.39. The van der Waals surface area contributed by atoms with Gasteiger partial charge >= 0.3 is 0 Å². The van der Waals surface area contributed by atoms with Crippen LogP contribution in [0.25, 0.3) is 0 Å². The van der Waals surface area contributed by atoms with Gasteiger partial charge in [-0.1, -0.05) is 19.3 Å². The van der Waals surface area contributed by atoms with Gasteiger partial charge in [-0.15, -0.1) is 0 Å². The van der Waals surface area contributed by atoms with Crippen molar-refractivity contribution in [1.82, 2.24) is 4.90 Å². The van der Waals surface area contributed by atoms with E-state index in [4.69, 9.17) is 11.5 Å². The highest BCUT2D eigenvalue weighted by Crippen LogP contribution is 2.45. The predicted molar refractivity (Wildman–Crippen MR) is 84.7 cm³/mol. The Bertz CT molecular complexity index is 381. The lowest BCUT2D eigenvalue weighted by Gasteiger charge is -2.48. The molecule has 2 unspecified atom stereocenters. The molecule has 2 saturated carbocycles. The first-order valence-corrected chi connectivity index (χ1v) is 8.86. The van der Waals surface area contributed by atoms with E-state index in [1.54, 1.807) is 0 Å². The van der Waals surface area contributed by atoms with E-state index in [1.807, 2.05) is 0 Å². The summed E-state index contributed by atoms with van der Waals surface area (Å²) in [5.41, 5.74) is 11.6. The normalized spacial score (nSPS) is 37.5. The van der Waals surface area contributed by atoms with Gasteiger partial charge in [-0.3, -0.25) is 4.79 Å². The molecule has 1 amide bonds. The predicted octanol–water partition coefficient (Wildman–Crippen LogP) is 2.16. The number of piperidine rings is 1. The number of likely N-dealkylation sites (tertiary alicyclic amines) is 1. The Labute approximate surface area is 128 Å². The van der Waals surface area contributed by atoms with E-state index in [0.717, 1.165) is 19.3 Å². The zero-order chi connectivity index (χ0) is 14.9. The Kier molecular flexibility index (Phi) is 4.28. The Balaban J connectivity index is 1.58. The molecular formula is C17H31N3O. The van der Waals surface area contributed by atoms with E-state index >= 15 is 0 Å². The molecule has 3 rings (SSSR count). The van der Waals surface area contributed by atoms with Crippen LogP contribution in [0.3, 0.4) is 0 Å². The largest absolute Gasteiger partial charge is 0.368 e. The van der Waals surface area contributed by atoms with Crippen LogP contribution in [0.15, 0.2) is 0 Å². The molecule has 1 spiro atoms. The maximum absolute atomic E-state index is 11.6. The average Bonchev–Trinajstić information content (AvgIpc) is 2.49. The molecule has 0 aromatic heterocycles. The van der Waals surface area contributed by atoms with Crippen molar-refractivity contribution in [3.05, 3.63) is 0 Å². The highest BCUT2D eigenvalue weighted by Gasteiger charge is 2.42. The molecule has 2 atom stereocenters. The van der Waals surface area contributed by atoms with E-state index in [-0.39, 0.29) is 5.91 Å². The summed E-state index contributed by atoms with van der Waals surface area (Å²) in [6, 6.07) is 0.470. The third-order valence-electron chi connectivity index (χ3n) is 6.54. The number of nitrogens with two attached hydrogens (primary N) is 2. The fourth-order valence-corrected chi connectivity index (χ4v) is 4.98. The number of primary amides is 1. The SMILES string of the molecule is NC(=O)C1(N)CCCC(N2CCC3(CCCCC3)CC2)C1. The molecule has 1 aliphatic heterocycles. The fourth-order valence-electron chi connectivity index (χ4n) is 4.98. The van der Waals surface area contributed by atoms with Gasteiger partial charge in [-0.2, -0.15) is 0 Å². The smallest absolute Gasteiger partial charge is 0.237 e. The second kappa shape index (κ2) is 5.88. The molecule has 0 bridgehead atoms. The van der Waals surface area contributed by atoms with E-state index in [0.29, 0.717) is 11.5 Å². The molecule has 0 aromatic rings. The molecule has 0 radical (unpaired) electrons. The topological polar surface area (TPSA) is 72.3 Å². The van der Waals surface area contributed by atoms with Crippen LogP contribution in [0.4, 0.5) is 0 Å². The lowest BCUT2D eigenvalue weighted by molar-refractivity contribution is -0.125. The van der Waals surface area contributed by atoms with Crippen molar-refractivity contribution in [1.29, 1.82) is 0 Å². The standard InChI is InChI=1S/C17H31N3O/c18-15(21)17(19)8-4-5-14(13-17)20-11-9-16(10-12-20)6-2-1-3-7-16/h14H,1-13,19H2,(H2,18,21). The molecule has 21 heavy (non-hydrogen) atoms. The summed E-state index contributed by atoms with van der Waals surface area (Å²) in [6.07, 6.45) is 13.6. The molecule has 1 heterocycles. The van der Waals surface area contributed by atoms with Crippen LogP contribution >= 0.6 is 0 Å². The number of rotatable bonds is 2. The Hall–Kier alpha value is -0.610. The summed E-state index contributed by atoms with van der Waals surface area (Å²) in [7, 11) is 0. The Morgan fingerprint density at radius 3 is 2.24 bits per heavy atom. The number of carbonyl (C=O) groups excluding carboxylic acids is 1. The lowest BCUT2D eigenvalue weighted by Crippen LogP contribution is -2.59. The van der Waals surface area contributed by atoms with E-state index in [9.17, 15) is 4.79 Å². The van der Waals surface area contributed by atoms with Crippen LogP contribution in [0.2, 0.25) is 0 Å². The van der Waals surface area contributed by atoms with Crippen molar-refractivity contribution in [2.75, 3.05) is 13.1 Å². The van der Waals surface area contributed by atoms with Crippen LogP contribution in [-0.4, -0.2) is 35.5 Å². The Morgan fingerprint density at radius 1 is 0.952 bits per heavy atom. The minimum Gasteiger partial charge on any atom is -0.368 e. The molecule has 2 aliphatic carbocycles. The molecule has 1 saturated heterocycles. The van der Waals surface area contributed by atoms with Gasteiger partial charge in [-0.05, 0) is 69.9 Å². The fraction of sp³-hybridized carbons (Fsp3) is 0.941. The summed E-state index contributed by atoms with van der Waals surface area (Å²) in [4.78, 5) is 14.2. The summed E-state index contributed by atoms with van der Waals surface area (Å²) < 4.78 is 0. The first-order valence-electron chi connectivity index (χ1n) is 8.86. The number of nitrogens with zero attached hydrogens (tertiary/aromatic N) is 1. The average molecular weight is 293 g/mol. The lowest BCUT2D eigenvalue weighted by atomic mass is 9.67. The van der Waals surface area contributed by atoms with Gasteiger partial charge in [0.15, 0.2) is 0 Å². The first kappa shape index (κ1) is 15.3. The van der Waals surface area contributed by atoms with Gasteiger partial charge in [0.1, 0.15) is 0 Å². The molecule has 3 aliphatic rings. The molecule has 4 heteroatoms. The van der Waals surface area contributed by atoms with Crippen LogP contribution in [-0.2, 0) is 4.79 Å². The van der Waals surface area contributed by atoms with Gasteiger partial charge < -0.3 is 16.4 Å². The van der Waals surface area contributed by atoms with Crippen LogP contribution < -0.4 is 11.5 Å². The van der Waals surface area contributed by atoms with Gasteiger partial charge in [-0.25, -0.2) is 0 Å². The maximum atomic E-state index is 11.6. The van der Waals surface area contributed by atoms with E-state index < -0.39 is 5.54 Å². The molecule has 120 valence electrons. The third-order valence-corrected chi connectivity index (χ3v) is 6.54. The molecular weight excluding hydrogens is 262 g/mol. The minimum absolute atomic E-state index is 0.312. The number of hydrogen-bond donors (Lipinski definition) is 2. The second-order valence-electron chi connectivity index (χ2n) is 7.87. The van der Waals surface area contributed by atoms with Gasteiger partial charge in [0.05, 0.1) is 5.54 Å². The number of hydrogen-bond acceptors (Lipinski definition) is 3. The summed E-state index contributed by atoms with van der Waals surface area (Å²) >= 11 is 0. The van der Waals surface area contributed by atoms with Gasteiger partial charge in [0.25, 0.3) is 0 Å². The molecule has 0 aromatic carbocycles. The van der Waals surface area contributed by atoms with Crippen LogP contribution in [0, 0.1) is 5.41 Å². The van der Waals surface area contributed by atoms with Crippen molar-refractivity contribution in [3.63, 3.8) is 0 Å². The summed E-state index contributed by atoms with van der Waals surface area (Å²) in [5.74, 6) is -0.312. The van der Waals surface area contributed by atoms with Crippen molar-refractivity contribution < 1.29 is 4.79 Å². The van der Waals surface area contributed by atoms with Gasteiger partial charge in [0, 0.05) is 6.04 Å². The number of carbonyl (C=O) groups is 1. The zero-order valence-electron chi connectivity index (χ0n) is 13.3. The zero-order valence-corrected chi connectivity index (χ0v) is 13.3. The first-order chi connectivity index (χ1) is 10.0. The Morgan fingerprint density at radius 2 is 1.62 bits per heavy atom. The minimum atomic E-state index is -0.761. The van der Waals surface area contributed by atoms with Crippen LogP contribution in [0.1, 0.15) is 70.6 Å². The van der Waals surface area contributed by atoms with Gasteiger partial charge in [0.2, 0.25) is 5.91 Å². The molecule has 3 fully saturated rings. The quantitative estimate of drug-likeness (QED) is 0.819. The molecule has 4 nitrogen and oxygen atoms in total. The van der Waals surface area contributed by atoms with E-state index in [1.165, 1.54) is 64.5 Å². The third kappa shape index (κ3) is 3.11. The highest BCUT2D eigenvalue weighted by atomic mass is 16.1. The second-order valence-corrected chi connectivity index (χ2v) is 7.87. The van der Waals surface area contributed by atoms with Crippen molar-refractivity contribution in [3.8, 4) is 0 Å². The summed E-state index contributed by atoms with van der Waals surface area (Å²) in [5, 5.41) is 0. The van der Waals surface area contributed by atoms with Crippen molar-refractivity contribution >= 4 is 5.91 Å². The molecule has 4 N–H and O–H groups in total. The monoisotopic (exact) mass is 293 g/mol. The van der Waals surface area contributed by atoms with Crippen LogP contribution in [0.5, 0.6) is 0 Å². The van der Waals surface area contributed by atoms with E-state index in [2.05, 4.69) is 4.90 Å². The highest BCUT2D eigenvalue weighted by molar-refractivity contribution is 5.84. The van der Waals surface area contributed by atoms with Crippen molar-refractivity contribution in [2.24, 2.45) is 16.9 Å². The van der Waals surface area contributed by atoms with Crippen molar-refractivity contribution in [2.45, 2.75) is 82.2 Å². The number of amides is 1.